The molecule has 0 spiro atoms. The molecular weight excluding hydrogens is 523 g/mol. The number of hydrogen-bond donors (Lipinski definition) is 0. The van der Waals surface area contributed by atoms with Crippen molar-refractivity contribution in [2.75, 3.05) is 0 Å². The van der Waals surface area contributed by atoms with Crippen molar-refractivity contribution in [2.45, 2.75) is 38.7 Å². The zero-order chi connectivity index (χ0) is 28.0. The van der Waals surface area contributed by atoms with Crippen molar-refractivity contribution in [3.63, 3.8) is 0 Å². The van der Waals surface area contributed by atoms with E-state index >= 15 is 0 Å². The first-order valence-electron chi connectivity index (χ1n) is 11.4. The summed E-state index contributed by atoms with van der Waals surface area (Å²) in [7, 11) is 0. The highest BCUT2D eigenvalue weighted by Crippen LogP contribution is 2.32. The van der Waals surface area contributed by atoms with Gasteiger partial charge in [-0.15, -0.1) is 0 Å². The summed E-state index contributed by atoms with van der Waals surface area (Å²) in [6.07, 6.45) is -2.62. The maximum Gasteiger partial charge on any atom is 0.398 e. The van der Waals surface area contributed by atoms with Crippen LogP contribution in [-0.2, 0) is 6.42 Å². The standard InChI is InChI=1S/C28H21F9O/c1-2-3-4-5-21(29)26(34)17-8-6-16(7-9-17)18-12-22(30)20(23(31)13-18)10-11-28(36,37)38-19-14-24(32)27(35)25(33)15-19/h2-3,6-9,12-15H,4-5,10-11H2,1H3/b3-2+,26-21+. The molecule has 10 heteroatoms. The van der Waals surface area contributed by atoms with Crippen molar-refractivity contribution in [1.82, 2.24) is 0 Å². The lowest BCUT2D eigenvalue weighted by molar-refractivity contribution is -0.180. The van der Waals surface area contributed by atoms with Gasteiger partial charge < -0.3 is 4.74 Å². The van der Waals surface area contributed by atoms with Crippen LogP contribution in [0.4, 0.5) is 39.5 Å². The van der Waals surface area contributed by atoms with Crippen LogP contribution in [0, 0.1) is 29.1 Å². The van der Waals surface area contributed by atoms with Gasteiger partial charge in [-0.1, -0.05) is 36.4 Å². The average Bonchev–Trinajstić information content (AvgIpc) is 2.86. The first kappa shape index (κ1) is 28.9. The summed E-state index contributed by atoms with van der Waals surface area (Å²) < 4.78 is 129. The highest BCUT2D eigenvalue weighted by molar-refractivity contribution is 5.68. The van der Waals surface area contributed by atoms with Gasteiger partial charge >= 0.3 is 6.11 Å². The van der Waals surface area contributed by atoms with Crippen LogP contribution in [0.3, 0.4) is 0 Å². The monoisotopic (exact) mass is 544 g/mol. The molecular formula is C28H21F9O. The molecule has 0 N–H and O–H groups in total. The first-order valence-corrected chi connectivity index (χ1v) is 11.4. The predicted octanol–water partition coefficient (Wildman–Crippen LogP) is 9.62. The molecule has 38 heavy (non-hydrogen) atoms. The summed E-state index contributed by atoms with van der Waals surface area (Å²) in [4.78, 5) is 0. The Morgan fingerprint density at radius 3 is 1.95 bits per heavy atom. The van der Waals surface area contributed by atoms with E-state index in [0.29, 0.717) is 6.42 Å². The summed E-state index contributed by atoms with van der Waals surface area (Å²) in [5.74, 6) is -10.7. The van der Waals surface area contributed by atoms with Crippen molar-refractivity contribution in [3.8, 4) is 16.9 Å². The Bertz CT molecular complexity index is 1300. The number of halogens is 9. The Labute approximate surface area is 212 Å². The molecule has 1 nitrogen and oxygen atoms in total. The fraction of sp³-hybridized carbons (Fsp3) is 0.214. The van der Waals surface area contributed by atoms with Gasteiger partial charge in [0.1, 0.15) is 23.2 Å². The zero-order valence-electron chi connectivity index (χ0n) is 19.9. The van der Waals surface area contributed by atoms with Gasteiger partial charge in [-0.25, -0.2) is 30.7 Å². The quantitative estimate of drug-likeness (QED) is 0.140. The number of alkyl halides is 2. The molecule has 0 unspecified atom stereocenters. The number of benzene rings is 3. The summed E-state index contributed by atoms with van der Waals surface area (Å²) in [5.41, 5.74) is -0.475. The van der Waals surface area contributed by atoms with Crippen LogP contribution in [0.5, 0.6) is 5.75 Å². The molecule has 0 aliphatic rings. The maximum absolute atomic E-state index is 14.6. The number of rotatable bonds is 10. The summed E-state index contributed by atoms with van der Waals surface area (Å²) >= 11 is 0. The Kier molecular flexibility index (Phi) is 9.30. The molecule has 0 amide bonds. The van der Waals surface area contributed by atoms with E-state index in [1.807, 2.05) is 0 Å². The van der Waals surface area contributed by atoms with Crippen molar-refractivity contribution < 1.29 is 44.3 Å². The van der Waals surface area contributed by atoms with Gasteiger partial charge in [-0.3, -0.25) is 0 Å². The van der Waals surface area contributed by atoms with Crippen LogP contribution in [-0.4, -0.2) is 6.11 Å². The van der Waals surface area contributed by atoms with Crippen LogP contribution in [0.2, 0.25) is 0 Å². The minimum Gasteiger partial charge on any atom is -0.432 e. The first-order chi connectivity index (χ1) is 17.9. The van der Waals surface area contributed by atoms with Crippen molar-refractivity contribution >= 4 is 5.83 Å². The van der Waals surface area contributed by atoms with E-state index in [1.54, 1.807) is 19.1 Å². The van der Waals surface area contributed by atoms with E-state index in [2.05, 4.69) is 4.74 Å². The van der Waals surface area contributed by atoms with Crippen molar-refractivity contribution in [3.05, 3.63) is 107 Å². The molecule has 0 aliphatic heterocycles. The van der Waals surface area contributed by atoms with Gasteiger partial charge in [0.15, 0.2) is 23.3 Å². The van der Waals surface area contributed by atoms with Crippen molar-refractivity contribution in [1.29, 1.82) is 0 Å². The van der Waals surface area contributed by atoms with E-state index in [9.17, 15) is 39.5 Å². The minimum absolute atomic E-state index is 0.0218. The topological polar surface area (TPSA) is 9.23 Å². The molecule has 0 atom stereocenters. The van der Waals surface area contributed by atoms with Gasteiger partial charge in [-0.2, -0.15) is 8.78 Å². The fourth-order valence-electron chi connectivity index (χ4n) is 3.55. The zero-order valence-corrected chi connectivity index (χ0v) is 19.9. The van der Waals surface area contributed by atoms with Crippen LogP contribution in [0.1, 0.15) is 37.3 Å². The molecule has 0 fully saturated rings. The highest BCUT2D eigenvalue weighted by atomic mass is 19.3. The fourth-order valence-corrected chi connectivity index (χ4v) is 3.55. The van der Waals surface area contributed by atoms with Gasteiger partial charge in [0, 0.05) is 29.7 Å². The molecule has 3 aromatic rings. The number of ether oxygens (including phenoxy) is 1. The molecule has 0 heterocycles. The van der Waals surface area contributed by atoms with E-state index < -0.39 is 71.0 Å². The molecule has 0 aromatic heterocycles. The van der Waals surface area contributed by atoms with E-state index in [4.69, 9.17) is 0 Å². The third kappa shape index (κ3) is 7.20. The lowest BCUT2D eigenvalue weighted by atomic mass is 9.99. The van der Waals surface area contributed by atoms with Gasteiger partial charge in [0.2, 0.25) is 0 Å². The minimum atomic E-state index is -4.09. The second kappa shape index (κ2) is 12.2. The summed E-state index contributed by atoms with van der Waals surface area (Å²) in [6.45, 7) is 1.75. The third-order valence-electron chi connectivity index (χ3n) is 5.51. The van der Waals surface area contributed by atoms with E-state index in [-0.39, 0.29) is 35.2 Å². The van der Waals surface area contributed by atoms with E-state index in [1.165, 1.54) is 24.3 Å². The average molecular weight is 544 g/mol. The smallest absolute Gasteiger partial charge is 0.398 e. The van der Waals surface area contributed by atoms with Crippen LogP contribution >= 0.6 is 0 Å². The lowest BCUT2D eigenvalue weighted by Crippen LogP contribution is -2.26. The second-order valence-electron chi connectivity index (χ2n) is 8.26. The summed E-state index contributed by atoms with van der Waals surface area (Å²) in [6, 6.07) is 7.34. The molecule has 0 saturated heterocycles. The summed E-state index contributed by atoms with van der Waals surface area (Å²) in [5, 5.41) is 0. The third-order valence-corrected chi connectivity index (χ3v) is 5.51. The van der Waals surface area contributed by atoms with Gasteiger partial charge in [0.05, 0.1) is 6.42 Å². The predicted molar refractivity (Wildman–Crippen MR) is 125 cm³/mol. The number of allylic oxidation sites excluding steroid dienone is 3. The highest BCUT2D eigenvalue weighted by Gasteiger charge is 2.33. The molecule has 3 rings (SSSR count). The van der Waals surface area contributed by atoms with Gasteiger partial charge in [0.25, 0.3) is 0 Å². The van der Waals surface area contributed by atoms with Crippen molar-refractivity contribution in [2.24, 2.45) is 0 Å². The number of hydrogen-bond acceptors (Lipinski definition) is 1. The Hall–Kier alpha value is -3.69. The molecule has 3 aromatic carbocycles. The van der Waals surface area contributed by atoms with E-state index in [0.717, 1.165) is 12.1 Å². The molecule has 0 bridgehead atoms. The van der Waals surface area contributed by atoms with Gasteiger partial charge in [-0.05, 0) is 43.0 Å². The van der Waals surface area contributed by atoms with Crippen LogP contribution in [0.25, 0.3) is 17.0 Å². The lowest BCUT2D eigenvalue weighted by Gasteiger charge is -2.19. The van der Waals surface area contributed by atoms with Crippen LogP contribution < -0.4 is 4.74 Å². The molecule has 0 saturated carbocycles. The molecule has 0 radical (unpaired) electrons. The normalized spacial score (nSPS) is 12.7. The largest absolute Gasteiger partial charge is 0.432 e. The second-order valence-corrected chi connectivity index (χ2v) is 8.26. The Morgan fingerprint density at radius 1 is 0.816 bits per heavy atom. The molecule has 202 valence electrons. The Balaban J connectivity index is 1.72. The van der Waals surface area contributed by atoms with Crippen LogP contribution in [0.15, 0.2) is 66.5 Å². The molecule has 0 aliphatic carbocycles. The maximum atomic E-state index is 14.6. The SMILES string of the molecule is C/C=C/CC/C(F)=C(\F)c1ccc(-c2cc(F)c(CCC(F)(F)Oc3cc(F)c(F)c(F)c3)c(F)c2)cc1. The Morgan fingerprint density at radius 2 is 1.39 bits per heavy atom.